The fourth-order valence-electron chi connectivity index (χ4n) is 3.70. The van der Waals surface area contributed by atoms with E-state index in [0.29, 0.717) is 23.0 Å². The highest BCUT2D eigenvalue weighted by atomic mass is 35.5. The van der Waals surface area contributed by atoms with Gasteiger partial charge in [-0.25, -0.2) is 0 Å². The van der Waals surface area contributed by atoms with Crippen LogP contribution in [-0.2, 0) is 19.1 Å². The van der Waals surface area contributed by atoms with Crippen LogP contribution < -0.4 is 9.64 Å². The van der Waals surface area contributed by atoms with Gasteiger partial charge >= 0.3 is 5.97 Å². The van der Waals surface area contributed by atoms with Gasteiger partial charge in [-0.15, -0.1) is 0 Å². The van der Waals surface area contributed by atoms with Gasteiger partial charge in [0, 0.05) is 28.4 Å². The number of hydrogen-bond donors (Lipinski definition) is 0. The summed E-state index contributed by atoms with van der Waals surface area (Å²) >= 11 is 6.35. The molecule has 0 saturated heterocycles. The van der Waals surface area contributed by atoms with Crippen LogP contribution in [0.3, 0.4) is 0 Å². The molecular weight excluding hydrogens is 418 g/mol. The van der Waals surface area contributed by atoms with E-state index in [9.17, 15) is 9.59 Å². The standard InChI is InChI=1S/C24H28ClNO5/c1-24(2,3)14-26-18-11-10-15(25)12-17(18)22(16-8-6-7-9-19(16)29-4)31-20(23(26)28)13-21(27)30-5/h6-12,20,22H,13-14H2,1-5H3/t20-,22-/m0/s1. The Bertz CT molecular complexity index is 969. The van der Waals surface area contributed by atoms with Crippen LogP contribution in [-0.4, -0.2) is 38.7 Å². The minimum Gasteiger partial charge on any atom is -0.496 e. The van der Waals surface area contributed by atoms with Crippen LogP contribution in [0.2, 0.25) is 5.02 Å². The molecular formula is C24H28ClNO5. The van der Waals surface area contributed by atoms with E-state index in [1.165, 1.54) is 7.11 Å². The van der Waals surface area contributed by atoms with Crippen LogP contribution >= 0.6 is 11.6 Å². The largest absolute Gasteiger partial charge is 0.496 e. The number of fused-ring (bicyclic) bond motifs is 1. The smallest absolute Gasteiger partial charge is 0.308 e. The first-order valence-corrected chi connectivity index (χ1v) is 10.5. The van der Waals surface area contributed by atoms with Crippen molar-refractivity contribution in [2.24, 2.45) is 5.41 Å². The number of carbonyl (C=O) groups is 2. The number of hydrogen-bond acceptors (Lipinski definition) is 5. The zero-order valence-electron chi connectivity index (χ0n) is 18.5. The topological polar surface area (TPSA) is 65.1 Å². The Balaban J connectivity index is 2.22. The van der Waals surface area contributed by atoms with Crippen molar-refractivity contribution in [1.29, 1.82) is 0 Å². The van der Waals surface area contributed by atoms with Crippen LogP contribution in [0.1, 0.15) is 44.4 Å². The maximum Gasteiger partial charge on any atom is 0.308 e. The third-order valence-corrected chi connectivity index (χ3v) is 5.27. The van der Waals surface area contributed by atoms with Crippen LogP contribution in [0.15, 0.2) is 42.5 Å². The minimum atomic E-state index is -1.02. The fourth-order valence-corrected chi connectivity index (χ4v) is 3.88. The quantitative estimate of drug-likeness (QED) is 0.620. The lowest BCUT2D eigenvalue weighted by atomic mass is 9.94. The van der Waals surface area contributed by atoms with E-state index in [2.05, 4.69) is 20.8 Å². The molecule has 0 saturated carbocycles. The second-order valence-electron chi connectivity index (χ2n) is 8.72. The maximum atomic E-state index is 13.6. The lowest BCUT2D eigenvalue weighted by molar-refractivity contribution is -0.149. The number of nitrogens with zero attached hydrogens (tertiary/aromatic N) is 1. The second-order valence-corrected chi connectivity index (χ2v) is 9.15. The molecule has 166 valence electrons. The molecule has 2 aromatic carbocycles. The van der Waals surface area contributed by atoms with Crippen LogP contribution in [0.5, 0.6) is 5.75 Å². The average Bonchev–Trinajstić information content (AvgIpc) is 2.83. The first-order chi connectivity index (χ1) is 14.6. The molecule has 3 rings (SSSR count). The van der Waals surface area contributed by atoms with Gasteiger partial charge < -0.3 is 19.1 Å². The van der Waals surface area contributed by atoms with E-state index in [-0.39, 0.29) is 17.7 Å². The molecule has 0 spiro atoms. The zero-order chi connectivity index (χ0) is 22.8. The third-order valence-electron chi connectivity index (χ3n) is 5.04. The number of methoxy groups -OCH3 is 2. The molecule has 7 heteroatoms. The number of amides is 1. The molecule has 6 nitrogen and oxygen atoms in total. The molecule has 0 fully saturated rings. The molecule has 0 radical (unpaired) electrons. The lowest BCUT2D eigenvalue weighted by Gasteiger charge is -2.31. The molecule has 1 amide bonds. The van der Waals surface area contributed by atoms with Crippen molar-refractivity contribution in [3.63, 3.8) is 0 Å². The molecule has 0 unspecified atom stereocenters. The number of anilines is 1. The lowest BCUT2D eigenvalue weighted by Crippen LogP contribution is -2.44. The average molecular weight is 446 g/mol. The SMILES string of the molecule is COC(=O)C[C@@H]1O[C@@H](c2ccccc2OC)c2cc(Cl)ccc2N(CC(C)(C)C)C1=O. The number of halogens is 1. The highest BCUT2D eigenvalue weighted by molar-refractivity contribution is 6.30. The highest BCUT2D eigenvalue weighted by Crippen LogP contribution is 2.43. The summed E-state index contributed by atoms with van der Waals surface area (Å²) in [4.78, 5) is 27.4. The summed E-state index contributed by atoms with van der Waals surface area (Å²) in [5.41, 5.74) is 2.00. The number of benzene rings is 2. The van der Waals surface area contributed by atoms with E-state index in [4.69, 9.17) is 25.8 Å². The predicted molar refractivity (Wildman–Crippen MR) is 120 cm³/mol. The predicted octanol–water partition coefficient (Wildman–Crippen LogP) is 4.78. The van der Waals surface area contributed by atoms with Gasteiger partial charge in [0.05, 0.1) is 20.6 Å². The molecule has 1 heterocycles. The molecule has 2 aromatic rings. The Labute approximate surface area is 188 Å². The Morgan fingerprint density at radius 2 is 1.84 bits per heavy atom. The van der Waals surface area contributed by atoms with Gasteiger partial charge in [-0.2, -0.15) is 0 Å². The summed E-state index contributed by atoms with van der Waals surface area (Å²) in [6.07, 6.45) is -1.87. The summed E-state index contributed by atoms with van der Waals surface area (Å²) in [5.74, 6) is -0.190. The van der Waals surface area contributed by atoms with Gasteiger partial charge in [-0.3, -0.25) is 9.59 Å². The Kier molecular flexibility index (Phi) is 6.92. The number of esters is 1. The molecule has 0 N–H and O–H groups in total. The van der Waals surface area contributed by atoms with E-state index in [1.807, 2.05) is 30.3 Å². The Morgan fingerprint density at radius 3 is 2.48 bits per heavy atom. The summed E-state index contributed by atoms with van der Waals surface area (Å²) < 4.78 is 16.7. The van der Waals surface area contributed by atoms with Gasteiger partial charge in [0.1, 0.15) is 18.0 Å². The van der Waals surface area contributed by atoms with Crippen molar-refractivity contribution in [1.82, 2.24) is 0 Å². The van der Waals surface area contributed by atoms with Crippen molar-refractivity contribution in [2.75, 3.05) is 25.7 Å². The van der Waals surface area contributed by atoms with Gasteiger partial charge in [0.2, 0.25) is 0 Å². The van der Waals surface area contributed by atoms with Crippen molar-refractivity contribution < 1.29 is 23.8 Å². The maximum absolute atomic E-state index is 13.6. The third kappa shape index (κ3) is 5.20. The highest BCUT2D eigenvalue weighted by Gasteiger charge is 2.39. The van der Waals surface area contributed by atoms with Crippen LogP contribution in [0.25, 0.3) is 0 Å². The zero-order valence-corrected chi connectivity index (χ0v) is 19.2. The minimum absolute atomic E-state index is 0.188. The molecule has 0 aliphatic carbocycles. The van der Waals surface area contributed by atoms with Crippen molar-refractivity contribution in [2.45, 2.75) is 39.4 Å². The molecule has 0 bridgehead atoms. The van der Waals surface area contributed by atoms with Crippen molar-refractivity contribution in [3.8, 4) is 5.75 Å². The number of ether oxygens (including phenoxy) is 3. The van der Waals surface area contributed by atoms with Crippen molar-refractivity contribution >= 4 is 29.2 Å². The Hall–Kier alpha value is -2.57. The van der Waals surface area contributed by atoms with Crippen molar-refractivity contribution in [3.05, 3.63) is 58.6 Å². The van der Waals surface area contributed by atoms with Crippen LogP contribution in [0.4, 0.5) is 5.69 Å². The number of para-hydroxylation sites is 1. The van der Waals surface area contributed by atoms with E-state index in [0.717, 1.165) is 11.1 Å². The van der Waals surface area contributed by atoms with E-state index in [1.54, 1.807) is 24.1 Å². The summed E-state index contributed by atoms with van der Waals surface area (Å²) in [7, 11) is 2.88. The first kappa shape index (κ1) is 23.1. The molecule has 0 aromatic heterocycles. The summed E-state index contributed by atoms with van der Waals surface area (Å²) in [6, 6.07) is 12.8. The molecule has 2 atom stereocenters. The van der Waals surface area contributed by atoms with Gasteiger partial charge in [-0.05, 0) is 29.7 Å². The van der Waals surface area contributed by atoms with E-state index >= 15 is 0 Å². The van der Waals surface area contributed by atoms with E-state index < -0.39 is 18.2 Å². The van der Waals surface area contributed by atoms with Gasteiger partial charge in [0.15, 0.2) is 0 Å². The summed E-state index contributed by atoms with van der Waals surface area (Å²) in [6.45, 7) is 6.60. The monoisotopic (exact) mass is 445 g/mol. The first-order valence-electron chi connectivity index (χ1n) is 10.1. The fraction of sp³-hybridized carbons (Fsp3) is 0.417. The van der Waals surface area contributed by atoms with Crippen LogP contribution in [0, 0.1) is 5.41 Å². The molecule has 31 heavy (non-hydrogen) atoms. The normalized spacial score (nSPS) is 18.9. The number of rotatable bonds is 5. The number of carbonyl (C=O) groups excluding carboxylic acids is 2. The summed E-state index contributed by atoms with van der Waals surface area (Å²) in [5, 5.41) is 0.525. The molecule has 1 aliphatic rings. The molecule has 1 aliphatic heterocycles. The van der Waals surface area contributed by atoms with Gasteiger partial charge in [0.25, 0.3) is 5.91 Å². The van der Waals surface area contributed by atoms with Gasteiger partial charge in [-0.1, -0.05) is 50.6 Å². The second kappa shape index (κ2) is 9.28. The Morgan fingerprint density at radius 1 is 1.13 bits per heavy atom.